The van der Waals surface area contributed by atoms with Gasteiger partial charge in [0.15, 0.2) is 0 Å². The molecule has 8 nitrogen and oxygen atoms in total. The second-order valence-electron chi connectivity index (χ2n) is 6.50. The van der Waals surface area contributed by atoms with Crippen molar-refractivity contribution < 1.29 is 9.72 Å². The third kappa shape index (κ3) is 6.47. The smallest absolute Gasteiger partial charge is 0.326 e. The number of rotatable bonds is 7. The van der Waals surface area contributed by atoms with Gasteiger partial charge in [-0.25, -0.2) is 4.79 Å². The number of unbranched alkanes of at least 4 members (excludes halogenated alkanes) is 1. The molecule has 2 amide bonds. The number of carbonyl (C=O) groups excluding carboxylic acids is 1. The van der Waals surface area contributed by atoms with Crippen LogP contribution in [0, 0.1) is 10.1 Å². The number of urea groups is 1. The standard InChI is InChI=1S/C16H23N5O3.C3H8/c1-2-3-9-19-11-14(17)15(18)20(16(19)22)10-8-12-4-6-13(7-5-12)21(23)24;1-3-2/h4-7H,2-3,8-11,17-18H2,1H3;3H2,1-2H3. The van der Waals surface area contributed by atoms with Crippen LogP contribution in [-0.2, 0) is 6.42 Å². The van der Waals surface area contributed by atoms with E-state index in [4.69, 9.17) is 11.5 Å². The molecule has 4 N–H and O–H groups in total. The molecule has 0 bridgehead atoms. The van der Waals surface area contributed by atoms with Crippen LogP contribution >= 0.6 is 0 Å². The highest BCUT2D eigenvalue weighted by Crippen LogP contribution is 2.17. The van der Waals surface area contributed by atoms with Gasteiger partial charge in [-0.2, -0.15) is 0 Å². The predicted molar refractivity (Wildman–Crippen MR) is 107 cm³/mol. The first-order chi connectivity index (χ1) is 12.8. The molecular weight excluding hydrogens is 346 g/mol. The number of hydrogen-bond acceptors (Lipinski definition) is 5. The Morgan fingerprint density at radius 3 is 2.22 bits per heavy atom. The van der Waals surface area contributed by atoms with Crippen LogP contribution in [0.25, 0.3) is 0 Å². The maximum absolute atomic E-state index is 12.5. The predicted octanol–water partition coefficient (Wildman–Crippen LogP) is 3.18. The Balaban J connectivity index is 0.00000114. The largest absolute Gasteiger partial charge is 0.398 e. The van der Waals surface area contributed by atoms with Gasteiger partial charge in [0.2, 0.25) is 0 Å². The van der Waals surface area contributed by atoms with Crippen LogP contribution in [0.1, 0.15) is 45.6 Å². The zero-order valence-electron chi connectivity index (χ0n) is 16.5. The second kappa shape index (κ2) is 11.1. The van der Waals surface area contributed by atoms with Crippen molar-refractivity contribution in [3.05, 3.63) is 51.5 Å². The van der Waals surface area contributed by atoms with Crippen molar-refractivity contribution in [3.8, 4) is 0 Å². The summed E-state index contributed by atoms with van der Waals surface area (Å²) in [6, 6.07) is 6.13. The molecule has 0 atom stereocenters. The number of hydrogen-bond donors (Lipinski definition) is 2. The molecule has 8 heteroatoms. The summed E-state index contributed by atoms with van der Waals surface area (Å²) in [5.41, 5.74) is 13.4. The molecule has 2 rings (SSSR count). The van der Waals surface area contributed by atoms with E-state index >= 15 is 0 Å². The molecule has 1 heterocycles. The van der Waals surface area contributed by atoms with E-state index < -0.39 is 4.92 Å². The van der Waals surface area contributed by atoms with Crippen LogP contribution in [0.3, 0.4) is 0 Å². The van der Waals surface area contributed by atoms with E-state index in [1.807, 2.05) is 0 Å². The molecule has 1 aliphatic heterocycles. The summed E-state index contributed by atoms with van der Waals surface area (Å²) in [6.07, 6.45) is 3.69. The van der Waals surface area contributed by atoms with Crippen LogP contribution in [0.2, 0.25) is 0 Å². The summed E-state index contributed by atoms with van der Waals surface area (Å²) in [6.45, 7) is 7.70. The average Bonchev–Trinajstić information content (AvgIpc) is 2.64. The highest BCUT2D eigenvalue weighted by Gasteiger charge is 2.29. The molecule has 0 radical (unpaired) electrons. The first kappa shape index (κ1) is 22.3. The summed E-state index contributed by atoms with van der Waals surface area (Å²) in [7, 11) is 0. The quantitative estimate of drug-likeness (QED) is 0.559. The Bertz CT molecular complexity index is 658. The molecule has 0 saturated carbocycles. The third-order valence-corrected chi connectivity index (χ3v) is 4.04. The Labute approximate surface area is 160 Å². The summed E-state index contributed by atoms with van der Waals surface area (Å²) in [4.78, 5) is 26.0. The van der Waals surface area contributed by atoms with E-state index in [9.17, 15) is 14.9 Å². The van der Waals surface area contributed by atoms with Crippen molar-refractivity contribution in [2.45, 2.75) is 46.5 Å². The van der Waals surface area contributed by atoms with E-state index in [1.54, 1.807) is 17.0 Å². The van der Waals surface area contributed by atoms with Crippen molar-refractivity contribution in [2.24, 2.45) is 11.5 Å². The number of benzene rings is 1. The number of nitro groups is 1. The van der Waals surface area contributed by atoms with Gasteiger partial charge >= 0.3 is 6.03 Å². The van der Waals surface area contributed by atoms with Crippen LogP contribution in [-0.4, -0.2) is 40.4 Å². The van der Waals surface area contributed by atoms with Crippen LogP contribution in [0.4, 0.5) is 10.5 Å². The molecule has 0 unspecified atom stereocenters. The van der Waals surface area contributed by atoms with Crippen LogP contribution in [0.15, 0.2) is 35.8 Å². The maximum atomic E-state index is 12.5. The van der Waals surface area contributed by atoms with Gasteiger partial charge in [0, 0.05) is 25.2 Å². The van der Waals surface area contributed by atoms with Crippen molar-refractivity contribution in [1.82, 2.24) is 9.80 Å². The number of amides is 2. The van der Waals surface area contributed by atoms with E-state index in [2.05, 4.69) is 20.8 Å². The molecule has 0 saturated heterocycles. The fourth-order valence-electron chi connectivity index (χ4n) is 2.57. The molecular formula is C19H31N5O3. The van der Waals surface area contributed by atoms with E-state index in [-0.39, 0.29) is 11.7 Å². The first-order valence-corrected chi connectivity index (χ1v) is 9.39. The fraction of sp³-hybridized carbons (Fsp3) is 0.526. The Morgan fingerprint density at radius 2 is 1.70 bits per heavy atom. The maximum Gasteiger partial charge on any atom is 0.326 e. The number of nitrogens with zero attached hydrogens (tertiary/aromatic N) is 3. The highest BCUT2D eigenvalue weighted by atomic mass is 16.6. The summed E-state index contributed by atoms with van der Waals surface area (Å²) in [5, 5.41) is 10.7. The molecule has 0 fully saturated rings. The Morgan fingerprint density at radius 1 is 1.11 bits per heavy atom. The van der Waals surface area contributed by atoms with Gasteiger partial charge < -0.3 is 16.4 Å². The normalized spacial score (nSPS) is 14.1. The van der Waals surface area contributed by atoms with Gasteiger partial charge in [0.1, 0.15) is 5.82 Å². The molecule has 150 valence electrons. The van der Waals surface area contributed by atoms with Gasteiger partial charge in [-0.15, -0.1) is 0 Å². The van der Waals surface area contributed by atoms with Crippen molar-refractivity contribution in [2.75, 3.05) is 19.6 Å². The summed E-state index contributed by atoms with van der Waals surface area (Å²) >= 11 is 0. The Hall–Kier alpha value is -2.77. The van der Waals surface area contributed by atoms with Crippen molar-refractivity contribution in [3.63, 3.8) is 0 Å². The van der Waals surface area contributed by atoms with Crippen molar-refractivity contribution in [1.29, 1.82) is 0 Å². The van der Waals surface area contributed by atoms with Gasteiger partial charge in [0.05, 0.1) is 17.2 Å². The molecule has 0 aliphatic carbocycles. The molecule has 0 spiro atoms. The fourth-order valence-corrected chi connectivity index (χ4v) is 2.57. The third-order valence-electron chi connectivity index (χ3n) is 4.04. The van der Waals surface area contributed by atoms with Crippen LogP contribution < -0.4 is 11.5 Å². The minimum Gasteiger partial charge on any atom is -0.398 e. The number of nitrogens with two attached hydrogens (primary N) is 2. The highest BCUT2D eigenvalue weighted by molar-refractivity contribution is 5.78. The number of nitro benzene ring substituents is 1. The number of non-ortho nitro benzene ring substituents is 1. The summed E-state index contributed by atoms with van der Waals surface area (Å²) in [5.74, 6) is 0.301. The van der Waals surface area contributed by atoms with Crippen LogP contribution in [0.5, 0.6) is 0 Å². The molecule has 27 heavy (non-hydrogen) atoms. The average molecular weight is 377 g/mol. The van der Waals surface area contributed by atoms with E-state index in [0.717, 1.165) is 18.4 Å². The lowest BCUT2D eigenvalue weighted by Gasteiger charge is -2.36. The molecule has 0 aromatic heterocycles. The monoisotopic (exact) mass is 377 g/mol. The van der Waals surface area contributed by atoms with Gasteiger partial charge in [-0.3, -0.25) is 15.0 Å². The molecule has 1 aromatic rings. The zero-order valence-corrected chi connectivity index (χ0v) is 16.5. The van der Waals surface area contributed by atoms with Gasteiger partial charge in [-0.1, -0.05) is 45.7 Å². The zero-order chi connectivity index (χ0) is 20.4. The second-order valence-corrected chi connectivity index (χ2v) is 6.50. The first-order valence-electron chi connectivity index (χ1n) is 9.39. The lowest BCUT2D eigenvalue weighted by Crippen LogP contribution is -2.52. The van der Waals surface area contributed by atoms with E-state index in [0.29, 0.717) is 37.6 Å². The SMILES string of the molecule is CCC.CCCCN1CC(N)=C(N)N(CCc2ccc([N+](=O)[O-])cc2)C1=O. The topological polar surface area (TPSA) is 119 Å². The van der Waals surface area contributed by atoms with Gasteiger partial charge in [0.25, 0.3) is 5.69 Å². The van der Waals surface area contributed by atoms with Crippen molar-refractivity contribution >= 4 is 11.7 Å². The Kier molecular flexibility index (Phi) is 9.12. The minimum atomic E-state index is -0.440. The van der Waals surface area contributed by atoms with Gasteiger partial charge in [-0.05, 0) is 18.4 Å². The lowest BCUT2D eigenvalue weighted by molar-refractivity contribution is -0.384. The van der Waals surface area contributed by atoms with E-state index in [1.165, 1.54) is 23.5 Å². The number of carbonyl (C=O) groups is 1. The molecule has 1 aliphatic rings. The minimum absolute atomic E-state index is 0.0437. The molecule has 1 aromatic carbocycles. The summed E-state index contributed by atoms with van der Waals surface area (Å²) < 4.78 is 0. The lowest BCUT2D eigenvalue weighted by atomic mass is 10.1.